The van der Waals surface area contributed by atoms with Gasteiger partial charge in [-0.1, -0.05) is 0 Å². The Bertz CT molecular complexity index is 793. The molecule has 4 heterocycles. The van der Waals surface area contributed by atoms with E-state index in [1.54, 1.807) is 17.3 Å². The van der Waals surface area contributed by atoms with Crippen LogP contribution in [0.1, 0.15) is 41.7 Å². The zero-order valence-electron chi connectivity index (χ0n) is 16.2. The van der Waals surface area contributed by atoms with Crippen molar-refractivity contribution in [1.29, 1.82) is 0 Å². The van der Waals surface area contributed by atoms with E-state index in [1.165, 1.54) is 0 Å². The third kappa shape index (κ3) is 3.61. The predicted octanol–water partition coefficient (Wildman–Crippen LogP) is 0.492. The molecule has 146 valence electrons. The number of hydrogen-bond acceptors (Lipinski definition) is 6. The highest BCUT2D eigenvalue weighted by molar-refractivity contribution is 5.94. The minimum atomic E-state index is -0.0647. The Hall–Kier alpha value is -2.26. The van der Waals surface area contributed by atoms with Gasteiger partial charge in [0.25, 0.3) is 5.91 Å². The minimum absolute atomic E-state index is 0.0647. The lowest BCUT2D eigenvalue weighted by Gasteiger charge is -2.35. The zero-order valence-corrected chi connectivity index (χ0v) is 16.2. The molecule has 2 aliphatic rings. The van der Waals surface area contributed by atoms with Crippen molar-refractivity contribution in [3.8, 4) is 0 Å². The summed E-state index contributed by atoms with van der Waals surface area (Å²) in [5, 5.41) is 8.71. The van der Waals surface area contributed by atoms with E-state index in [0.717, 1.165) is 62.6 Å². The second kappa shape index (κ2) is 7.40. The van der Waals surface area contributed by atoms with Crippen molar-refractivity contribution in [3.63, 3.8) is 0 Å². The third-order valence-electron chi connectivity index (χ3n) is 5.46. The van der Waals surface area contributed by atoms with Crippen molar-refractivity contribution in [2.24, 2.45) is 7.05 Å². The first-order valence-electron chi connectivity index (χ1n) is 9.58. The molecule has 0 saturated carbocycles. The maximum Gasteiger partial charge on any atom is 0.272 e. The summed E-state index contributed by atoms with van der Waals surface area (Å²) in [5.74, 6) is 0.0866. The third-order valence-corrected chi connectivity index (χ3v) is 5.46. The molecule has 27 heavy (non-hydrogen) atoms. The average Bonchev–Trinajstić information content (AvgIpc) is 3.27. The molecule has 1 fully saturated rings. The van der Waals surface area contributed by atoms with Gasteiger partial charge < -0.3 is 9.64 Å². The molecule has 1 saturated heterocycles. The summed E-state index contributed by atoms with van der Waals surface area (Å²) < 4.78 is 9.43. The lowest BCUT2D eigenvalue weighted by Crippen LogP contribution is -2.49. The van der Waals surface area contributed by atoms with Crippen LogP contribution in [0.3, 0.4) is 0 Å². The molecule has 1 amide bonds. The number of aromatic nitrogens is 5. The molecular weight excluding hydrogens is 346 g/mol. The van der Waals surface area contributed by atoms with Crippen molar-refractivity contribution < 1.29 is 9.53 Å². The van der Waals surface area contributed by atoms with Crippen molar-refractivity contribution >= 4 is 5.91 Å². The Labute approximate surface area is 158 Å². The maximum atomic E-state index is 13.2. The number of nitrogens with zero attached hydrogens (tertiary/aromatic N) is 7. The number of aryl methyl sites for hydroxylation is 1. The van der Waals surface area contributed by atoms with Crippen molar-refractivity contribution in [3.05, 3.63) is 29.6 Å². The van der Waals surface area contributed by atoms with E-state index in [1.807, 2.05) is 23.6 Å². The molecule has 0 aromatic carbocycles. The fraction of sp³-hybridized carbons (Fsp3) is 0.667. The molecule has 0 N–H and O–H groups in total. The Kier molecular flexibility index (Phi) is 4.96. The van der Waals surface area contributed by atoms with Gasteiger partial charge in [0, 0.05) is 51.8 Å². The number of fused-ring (bicyclic) bond motifs is 1. The van der Waals surface area contributed by atoms with Crippen LogP contribution in [-0.4, -0.2) is 79.1 Å². The lowest BCUT2D eigenvalue weighted by molar-refractivity contribution is -0.00716. The standard InChI is InChI=1S/C18H27N7O2/c1-13-10-15-16(14(2)27-13)21-22(3)17(15)18(26)24-7-4-23(5-8-24)6-9-25-12-19-11-20-25/h11-14H,4-10H2,1-3H3/t13-,14+/m1/s1. The van der Waals surface area contributed by atoms with Gasteiger partial charge in [0.15, 0.2) is 0 Å². The Morgan fingerprint density at radius 2 is 2.00 bits per heavy atom. The first-order valence-corrected chi connectivity index (χ1v) is 9.58. The topological polar surface area (TPSA) is 81.3 Å². The van der Waals surface area contributed by atoms with E-state index < -0.39 is 0 Å². The molecule has 0 bridgehead atoms. The van der Waals surface area contributed by atoms with Crippen molar-refractivity contribution in [2.75, 3.05) is 32.7 Å². The number of carbonyl (C=O) groups excluding carboxylic acids is 1. The van der Waals surface area contributed by atoms with Crippen LogP contribution in [0, 0.1) is 0 Å². The quantitative estimate of drug-likeness (QED) is 0.776. The van der Waals surface area contributed by atoms with E-state index >= 15 is 0 Å². The van der Waals surface area contributed by atoms with E-state index in [4.69, 9.17) is 4.74 Å². The number of ether oxygens (including phenoxy) is 1. The summed E-state index contributed by atoms with van der Waals surface area (Å²) in [7, 11) is 1.86. The molecule has 2 atom stereocenters. The van der Waals surface area contributed by atoms with Gasteiger partial charge in [-0.15, -0.1) is 0 Å². The molecule has 2 aromatic rings. The first kappa shape index (κ1) is 18.1. The second-order valence-corrected chi connectivity index (χ2v) is 7.42. The van der Waals surface area contributed by atoms with Gasteiger partial charge in [-0.3, -0.25) is 19.1 Å². The summed E-state index contributed by atoms with van der Waals surface area (Å²) in [6.07, 6.45) is 4.07. The average molecular weight is 373 g/mol. The van der Waals surface area contributed by atoms with Gasteiger partial charge in [-0.2, -0.15) is 10.2 Å². The summed E-state index contributed by atoms with van der Waals surface area (Å²) in [6.45, 7) is 9.00. The fourth-order valence-corrected chi connectivity index (χ4v) is 4.05. The summed E-state index contributed by atoms with van der Waals surface area (Å²) in [6, 6.07) is 0. The smallest absolute Gasteiger partial charge is 0.272 e. The molecule has 2 aliphatic heterocycles. The molecule has 0 spiro atoms. The van der Waals surface area contributed by atoms with E-state index in [9.17, 15) is 4.79 Å². The lowest BCUT2D eigenvalue weighted by atomic mass is 9.99. The molecule has 2 aromatic heterocycles. The van der Waals surface area contributed by atoms with Gasteiger partial charge in [0.05, 0.1) is 24.4 Å². The van der Waals surface area contributed by atoms with Crippen LogP contribution in [0.15, 0.2) is 12.7 Å². The minimum Gasteiger partial charge on any atom is -0.369 e. The normalized spacial score (nSPS) is 23.4. The van der Waals surface area contributed by atoms with E-state index in [0.29, 0.717) is 0 Å². The van der Waals surface area contributed by atoms with Gasteiger partial charge in [0.1, 0.15) is 18.3 Å². The molecule has 0 aliphatic carbocycles. The Balaban J connectivity index is 1.40. The Morgan fingerprint density at radius 3 is 2.70 bits per heavy atom. The number of amides is 1. The highest BCUT2D eigenvalue weighted by Gasteiger charge is 2.33. The summed E-state index contributed by atoms with van der Waals surface area (Å²) in [4.78, 5) is 21.5. The molecular formula is C18H27N7O2. The van der Waals surface area contributed by atoms with Crippen LogP contribution < -0.4 is 0 Å². The van der Waals surface area contributed by atoms with Gasteiger partial charge in [0.2, 0.25) is 0 Å². The SMILES string of the molecule is C[C@@H]1Cc2c(nn(C)c2C(=O)N2CCN(CCn3cncn3)CC2)[C@H](C)O1. The van der Waals surface area contributed by atoms with Crippen molar-refractivity contribution in [2.45, 2.75) is 39.0 Å². The predicted molar refractivity (Wildman–Crippen MR) is 98.2 cm³/mol. The van der Waals surface area contributed by atoms with Gasteiger partial charge >= 0.3 is 0 Å². The monoisotopic (exact) mass is 373 g/mol. The highest BCUT2D eigenvalue weighted by Crippen LogP contribution is 2.31. The number of carbonyl (C=O) groups is 1. The molecule has 9 nitrogen and oxygen atoms in total. The summed E-state index contributed by atoms with van der Waals surface area (Å²) in [5.41, 5.74) is 2.69. The van der Waals surface area contributed by atoms with Crippen LogP contribution in [0.25, 0.3) is 0 Å². The Morgan fingerprint density at radius 1 is 1.22 bits per heavy atom. The molecule has 0 radical (unpaired) electrons. The van der Waals surface area contributed by atoms with Crippen LogP contribution in [0.4, 0.5) is 0 Å². The van der Waals surface area contributed by atoms with Crippen LogP contribution in [0.5, 0.6) is 0 Å². The second-order valence-electron chi connectivity index (χ2n) is 7.42. The van der Waals surface area contributed by atoms with Crippen LogP contribution in [-0.2, 0) is 24.8 Å². The summed E-state index contributed by atoms with van der Waals surface area (Å²) >= 11 is 0. The molecule has 9 heteroatoms. The number of hydrogen-bond donors (Lipinski definition) is 0. The molecule has 4 rings (SSSR count). The highest BCUT2D eigenvalue weighted by atomic mass is 16.5. The van der Waals surface area contributed by atoms with Crippen molar-refractivity contribution in [1.82, 2.24) is 34.3 Å². The van der Waals surface area contributed by atoms with E-state index in [2.05, 4.69) is 27.0 Å². The molecule has 0 unspecified atom stereocenters. The number of piperazine rings is 1. The largest absolute Gasteiger partial charge is 0.369 e. The van der Waals surface area contributed by atoms with Crippen LogP contribution >= 0.6 is 0 Å². The van der Waals surface area contributed by atoms with E-state index in [-0.39, 0.29) is 18.1 Å². The van der Waals surface area contributed by atoms with Gasteiger partial charge in [-0.05, 0) is 13.8 Å². The first-order chi connectivity index (χ1) is 13.0. The maximum absolute atomic E-state index is 13.2. The van der Waals surface area contributed by atoms with Crippen LogP contribution in [0.2, 0.25) is 0 Å². The van der Waals surface area contributed by atoms with Gasteiger partial charge in [-0.25, -0.2) is 4.98 Å². The number of rotatable bonds is 4. The zero-order chi connectivity index (χ0) is 19.0. The fourth-order valence-electron chi connectivity index (χ4n) is 4.05.